The fourth-order valence-corrected chi connectivity index (χ4v) is 8.07. The number of rotatable bonds is 8. The molecule has 0 bridgehead atoms. The van der Waals surface area contributed by atoms with E-state index in [0.29, 0.717) is 0 Å². The molecule has 0 aliphatic carbocycles. The highest BCUT2D eigenvalue weighted by Crippen LogP contribution is 2.42. The highest BCUT2D eigenvalue weighted by molar-refractivity contribution is 6.09. The second-order valence-corrected chi connectivity index (χ2v) is 14.2. The van der Waals surface area contributed by atoms with Crippen LogP contribution in [0.2, 0.25) is 0 Å². The van der Waals surface area contributed by atoms with Gasteiger partial charge in [0.1, 0.15) is 0 Å². The Morgan fingerprint density at radius 1 is 0.286 bits per heavy atom. The van der Waals surface area contributed by atoms with Gasteiger partial charge < -0.3 is 9.47 Å². The molecule has 2 heteroatoms. The van der Waals surface area contributed by atoms with E-state index in [1.54, 1.807) is 0 Å². The molecule has 56 heavy (non-hydrogen) atoms. The molecule has 0 aliphatic heterocycles. The van der Waals surface area contributed by atoms with Crippen molar-refractivity contribution in [3.8, 4) is 50.2 Å². The lowest BCUT2D eigenvalue weighted by Gasteiger charge is -2.28. The zero-order chi connectivity index (χ0) is 37.3. The van der Waals surface area contributed by atoms with Gasteiger partial charge in [-0.1, -0.05) is 176 Å². The lowest BCUT2D eigenvalue weighted by atomic mass is 9.99. The Morgan fingerprint density at radius 3 is 1.27 bits per heavy atom. The molecule has 1 heterocycles. The van der Waals surface area contributed by atoms with E-state index >= 15 is 0 Å². The van der Waals surface area contributed by atoms with Crippen LogP contribution in [-0.4, -0.2) is 4.57 Å². The van der Waals surface area contributed by atoms with Crippen molar-refractivity contribution in [1.82, 2.24) is 4.57 Å². The third-order valence-corrected chi connectivity index (χ3v) is 10.8. The minimum atomic E-state index is 1.09. The Morgan fingerprint density at radius 2 is 0.696 bits per heavy atom. The van der Waals surface area contributed by atoms with Crippen molar-refractivity contribution in [3.05, 3.63) is 231 Å². The fourth-order valence-electron chi connectivity index (χ4n) is 8.07. The molecule has 0 unspecified atom stereocenters. The van der Waals surface area contributed by atoms with Crippen molar-refractivity contribution < 1.29 is 0 Å². The van der Waals surface area contributed by atoms with Crippen LogP contribution in [0.5, 0.6) is 0 Å². The number of para-hydroxylation sites is 3. The van der Waals surface area contributed by atoms with Crippen molar-refractivity contribution in [2.75, 3.05) is 4.90 Å². The summed E-state index contributed by atoms with van der Waals surface area (Å²) < 4.78 is 2.38. The van der Waals surface area contributed by atoms with Gasteiger partial charge in [-0.15, -0.1) is 0 Å². The molecule has 0 saturated carbocycles. The number of hydrogen-bond acceptors (Lipinski definition) is 1. The monoisotopic (exact) mass is 714 g/mol. The van der Waals surface area contributed by atoms with E-state index in [4.69, 9.17) is 0 Å². The maximum Gasteiger partial charge on any atom is 0.0541 e. The van der Waals surface area contributed by atoms with Gasteiger partial charge in [-0.2, -0.15) is 0 Å². The SMILES string of the molecule is c1ccc(-c2ccc(-c3ccc(N(c4ccc(-c5cccc(-n6c7ccccc7c7ccccc76)c5)cc4)c4ccccc4-c4ccccc4)cc3)cc2)cc1. The van der Waals surface area contributed by atoms with Crippen LogP contribution in [0.15, 0.2) is 231 Å². The maximum absolute atomic E-state index is 2.38. The van der Waals surface area contributed by atoms with Crippen LogP contribution in [0.4, 0.5) is 17.1 Å². The summed E-state index contributed by atoms with van der Waals surface area (Å²) in [6.07, 6.45) is 0. The third-order valence-electron chi connectivity index (χ3n) is 10.8. The third kappa shape index (κ3) is 6.14. The molecular weight excluding hydrogens is 677 g/mol. The fraction of sp³-hybridized carbons (Fsp3) is 0. The predicted octanol–water partition coefficient (Wildman–Crippen LogP) is 14.9. The second-order valence-electron chi connectivity index (χ2n) is 14.2. The number of aromatic nitrogens is 1. The van der Waals surface area contributed by atoms with Gasteiger partial charge in [0.25, 0.3) is 0 Å². The van der Waals surface area contributed by atoms with Gasteiger partial charge in [0.15, 0.2) is 0 Å². The summed E-state index contributed by atoms with van der Waals surface area (Å²) in [6.45, 7) is 0. The van der Waals surface area contributed by atoms with Gasteiger partial charge in [-0.05, 0) is 93.5 Å². The van der Waals surface area contributed by atoms with E-state index in [0.717, 1.165) is 22.7 Å². The summed E-state index contributed by atoms with van der Waals surface area (Å²) in [7, 11) is 0. The number of benzene rings is 9. The van der Waals surface area contributed by atoms with Crippen molar-refractivity contribution in [3.63, 3.8) is 0 Å². The normalized spacial score (nSPS) is 11.2. The molecule has 0 radical (unpaired) electrons. The van der Waals surface area contributed by atoms with Crippen LogP contribution in [-0.2, 0) is 0 Å². The first kappa shape index (κ1) is 33.2. The first-order valence-electron chi connectivity index (χ1n) is 19.2. The average Bonchev–Trinajstić information content (AvgIpc) is 3.62. The van der Waals surface area contributed by atoms with Gasteiger partial charge in [0.05, 0.1) is 16.7 Å². The molecule has 0 fully saturated rings. The number of anilines is 3. The molecule has 10 rings (SSSR count). The van der Waals surface area contributed by atoms with E-state index < -0.39 is 0 Å². The Labute approximate surface area is 327 Å². The molecule has 0 N–H and O–H groups in total. The molecule has 0 amide bonds. The Hall–Kier alpha value is -7.42. The average molecular weight is 715 g/mol. The molecule has 0 spiro atoms. The number of nitrogens with zero attached hydrogens (tertiary/aromatic N) is 2. The van der Waals surface area contributed by atoms with Crippen molar-refractivity contribution in [2.45, 2.75) is 0 Å². The summed E-state index contributed by atoms with van der Waals surface area (Å²) >= 11 is 0. The quantitative estimate of drug-likeness (QED) is 0.152. The van der Waals surface area contributed by atoms with Gasteiger partial charge in [-0.3, -0.25) is 0 Å². The van der Waals surface area contributed by atoms with Gasteiger partial charge in [0.2, 0.25) is 0 Å². The van der Waals surface area contributed by atoms with Gasteiger partial charge in [0, 0.05) is 33.4 Å². The molecule has 264 valence electrons. The van der Waals surface area contributed by atoms with Gasteiger partial charge in [-0.25, -0.2) is 0 Å². The smallest absolute Gasteiger partial charge is 0.0541 e. The molecule has 0 atom stereocenters. The zero-order valence-electron chi connectivity index (χ0n) is 30.8. The van der Waals surface area contributed by atoms with Crippen molar-refractivity contribution in [2.24, 2.45) is 0 Å². The second kappa shape index (κ2) is 14.4. The lowest BCUT2D eigenvalue weighted by molar-refractivity contribution is 1.18. The minimum absolute atomic E-state index is 1.09. The lowest BCUT2D eigenvalue weighted by Crippen LogP contribution is -2.11. The number of hydrogen-bond donors (Lipinski definition) is 0. The van der Waals surface area contributed by atoms with Crippen LogP contribution >= 0.6 is 0 Å². The highest BCUT2D eigenvalue weighted by Gasteiger charge is 2.18. The first-order valence-corrected chi connectivity index (χ1v) is 19.2. The van der Waals surface area contributed by atoms with Gasteiger partial charge >= 0.3 is 0 Å². The largest absolute Gasteiger partial charge is 0.310 e. The Bertz CT molecular complexity index is 2870. The molecule has 2 nitrogen and oxygen atoms in total. The summed E-state index contributed by atoms with van der Waals surface area (Å²) in [4.78, 5) is 2.38. The maximum atomic E-state index is 2.38. The topological polar surface area (TPSA) is 8.17 Å². The summed E-state index contributed by atoms with van der Waals surface area (Å²) in [5.41, 5.74) is 16.4. The summed E-state index contributed by atoms with van der Waals surface area (Å²) in [5.74, 6) is 0. The van der Waals surface area contributed by atoms with Crippen molar-refractivity contribution >= 4 is 38.9 Å². The van der Waals surface area contributed by atoms with Crippen molar-refractivity contribution in [1.29, 1.82) is 0 Å². The molecule has 0 aliphatic rings. The minimum Gasteiger partial charge on any atom is -0.310 e. The highest BCUT2D eigenvalue weighted by atomic mass is 15.1. The Balaban J connectivity index is 1.03. The van der Waals surface area contributed by atoms with Crippen LogP contribution in [0.1, 0.15) is 0 Å². The van der Waals surface area contributed by atoms with E-state index in [1.807, 2.05) is 0 Å². The van der Waals surface area contributed by atoms with E-state index in [1.165, 1.54) is 66.3 Å². The molecule has 10 aromatic rings. The molecule has 0 saturated heterocycles. The molecule has 1 aromatic heterocycles. The van der Waals surface area contributed by atoms with E-state index in [2.05, 4.69) is 240 Å². The standard InChI is InChI=1S/C54H38N2/c1-3-14-39(15-4-1)40-26-28-41(29-27-40)42-30-34-46(35-31-42)55(52-23-10-7-20-49(52)44-16-5-2-6-17-44)47-36-32-43(33-37-47)45-18-13-19-48(38-45)56-53-24-11-8-21-50(53)51-22-9-12-25-54(51)56/h1-38H. The van der Waals surface area contributed by atoms with Crippen LogP contribution in [0.3, 0.4) is 0 Å². The van der Waals surface area contributed by atoms with Crippen LogP contribution < -0.4 is 4.90 Å². The molecule has 9 aromatic carbocycles. The predicted molar refractivity (Wildman–Crippen MR) is 237 cm³/mol. The van der Waals surface area contributed by atoms with Crippen LogP contribution in [0, 0.1) is 0 Å². The van der Waals surface area contributed by atoms with Crippen LogP contribution in [0.25, 0.3) is 72.0 Å². The zero-order valence-corrected chi connectivity index (χ0v) is 30.8. The summed E-state index contributed by atoms with van der Waals surface area (Å²) in [6, 6.07) is 83.0. The van der Waals surface area contributed by atoms with E-state index in [-0.39, 0.29) is 0 Å². The van der Waals surface area contributed by atoms with E-state index in [9.17, 15) is 0 Å². The first-order chi connectivity index (χ1) is 27.8. The number of fused-ring (bicyclic) bond motifs is 3. The summed E-state index contributed by atoms with van der Waals surface area (Å²) in [5, 5.41) is 2.53. The molecular formula is C54H38N2. The Kier molecular flexibility index (Phi) is 8.55.